The van der Waals surface area contributed by atoms with Gasteiger partial charge in [-0.25, -0.2) is 4.98 Å². The zero-order valence-electron chi connectivity index (χ0n) is 14.2. The smallest absolute Gasteiger partial charge is 0.188 e. The molecule has 0 saturated carbocycles. The predicted octanol–water partition coefficient (Wildman–Crippen LogP) is 3.87. The highest BCUT2D eigenvalue weighted by molar-refractivity contribution is 7.16. The maximum absolute atomic E-state index is 5.93. The molecule has 130 valence electrons. The van der Waals surface area contributed by atoms with Crippen molar-refractivity contribution < 1.29 is 0 Å². The van der Waals surface area contributed by atoms with Crippen molar-refractivity contribution in [2.75, 3.05) is 13.1 Å². The van der Waals surface area contributed by atoms with Crippen LogP contribution in [0.15, 0.2) is 52.8 Å². The monoisotopic (exact) mass is 370 g/mol. The summed E-state index contributed by atoms with van der Waals surface area (Å²) in [7, 11) is 0. The minimum atomic E-state index is 0.517. The molecule has 6 heteroatoms. The molecule has 0 radical (unpaired) electrons. The molecule has 3 N–H and O–H groups in total. The number of rotatable bonds is 7. The fourth-order valence-corrected chi connectivity index (χ4v) is 4.09. The van der Waals surface area contributed by atoms with Crippen LogP contribution in [0.5, 0.6) is 0 Å². The highest BCUT2D eigenvalue weighted by Crippen LogP contribution is 2.29. The summed E-state index contributed by atoms with van der Waals surface area (Å²) < 4.78 is 0. The number of aryl methyl sites for hydroxylation is 1. The van der Waals surface area contributed by atoms with E-state index in [-0.39, 0.29) is 0 Å². The maximum atomic E-state index is 5.93. The molecule has 0 saturated heterocycles. The second-order valence-corrected chi connectivity index (χ2v) is 7.93. The number of nitrogens with zero attached hydrogens (tertiary/aromatic N) is 2. The summed E-state index contributed by atoms with van der Waals surface area (Å²) in [4.78, 5) is 11.5. The summed E-state index contributed by atoms with van der Waals surface area (Å²) in [5.41, 5.74) is 8.31. The molecule has 0 unspecified atom stereocenters. The Kier molecular flexibility index (Phi) is 6.19. The molecule has 4 nitrogen and oxygen atoms in total. The Labute approximate surface area is 156 Å². The van der Waals surface area contributed by atoms with Crippen LogP contribution in [0.3, 0.4) is 0 Å². The maximum Gasteiger partial charge on any atom is 0.188 e. The van der Waals surface area contributed by atoms with Crippen LogP contribution in [0.1, 0.15) is 15.4 Å². The minimum absolute atomic E-state index is 0.517. The molecular formula is C19H22N4S2. The third-order valence-electron chi connectivity index (χ3n) is 3.74. The van der Waals surface area contributed by atoms with Crippen LogP contribution in [0.2, 0.25) is 0 Å². The highest BCUT2D eigenvalue weighted by Gasteiger charge is 2.06. The van der Waals surface area contributed by atoms with Crippen LogP contribution in [-0.4, -0.2) is 24.0 Å². The number of nitrogens with two attached hydrogens (primary N) is 1. The quantitative estimate of drug-likeness (QED) is 0.490. The van der Waals surface area contributed by atoms with Gasteiger partial charge in [0, 0.05) is 29.8 Å². The first-order valence-electron chi connectivity index (χ1n) is 8.29. The lowest BCUT2D eigenvalue weighted by Crippen LogP contribution is -2.33. The number of hydrogen-bond acceptors (Lipinski definition) is 4. The molecule has 2 aromatic heterocycles. The fraction of sp³-hybridized carbons (Fsp3) is 0.263. The molecule has 0 aliphatic heterocycles. The van der Waals surface area contributed by atoms with Crippen molar-refractivity contribution in [3.63, 3.8) is 0 Å². The topological polar surface area (TPSA) is 63.3 Å². The predicted molar refractivity (Wildman–Crippen MR) is 109 cm³/mol. The Balaban J connectivity index is 1.42. The van der Waals surface area contributed by atoms with Gasteiger partial charge in [-0.2, -0.15) is 0 Å². The van der Waals surface area contributed by atoms with E-state index in [1.165, 1.54) is 15.3 Å². The van der Waals surface area contributed by atoms with Crippen LogP contribution in [0.4, 0.5) is 0 Å². The minimum Gasteiger partial charge on any atom is -0.370 e. The van der Waals surface area contributed by atoms with Crippen molar-refractivity contribution in [2.45, 2.75) is 19.8 Å². The molecule has 3 rings (SSSR count). The van der Waals surface area contributed by atoms with E-state index >= 15 is 0 Å². The Morgan fingerprint density at radius 2 is 2.00 bits per heavy atom. The lowest BCUT2D eigenvalue weighted by Gasteiger charge is -2.05. The van der Waals surface area contributed by atoms with Crippen LogP contribution < -0.4 is 11.1 Å². The number of nitrogens with one attached hydrogen (secondary N) is 1. The molecular weight excluding hydrogens is 348 g/mol. The van der Waals surface area contributed by atoms with E-state index < -0.39 is 0 Å². The molecule has 1 aromatic carbocycles. The zero-order valence-corrected chi connectivity index (χ0v) is 15.9. The van der Waals surface area contributed by atoms with Gasteiger partial charge in [0.05, 0.1) is 15.6 Å². The number of hydrogen-bond donors (Lipinski definition) is 2. The molecule has 0 amide bonds. The van der Waals surface area contributed by atoms with Gasteiger partial charge in [0.2, 0.25) is 0 Å². The van der Waals surface area contributed by atoms with Gasteiger partial charge in [-0.3, -0.25) is 4.99 Å². The molecule has 0 spiro atoms. The summed E-state index contributed by atoms with van der Waals surface area (Å²) in [5, 5.41) is 6.38. The van der Waals surface area contributed by atoms with Gasteiger partial charge in [0.1, 0.15) is 0 Å². The van der Waals surface area contributed by atoms with Crippen molar-refractivity contribution in [2.24, 2.45) is 10.7 Å². The number of thiazole rings is 1. The van der Waals surface area contributed by atoms with E-state index in [2.05, 4.69) is 57.1 Å². The van der Waals surface area contributed by atoms with Gasteiger partial charge in [-0.1, -0.05) is 30.3 Å². The normalized spacial score (nSPS) is 11.6. The first-order valence-corrected chi connectivity index (χ1v) is 9.99. The molecule has 0 fully saturated rings. The Bertz CT molecular complexity index is 821. The molecule has 0 aliphatic carbocycles. The van der Waals surface area contributed by atoms with Crippen molar-refractivity contribution in [1.29, 1.82) is 0 Å². The second-order valence-electron chi connectivity index (χ2n) is 5.70. The highest BCUT2D eigenvalue weighted by atomic mass is 32.1. The average molecular weight is 371 g/mol. The van der Waals surface area contributed by atoms with Crippen molar-refractivity contribution >= 4 is 28.6 Å². The van der Waals surface area contributed by atoms with Crippen LogP contribution >= 0.6 is 22.7 Å². The number of benzene rings is 1. The SMILES string of the molecule is Cc1nc(-c2ccc(CCN=C(N)NCCc3ccccc3)s2)cs1. The number of guanidine groups is 1. The zero-order chi connectivity index (χ0) is 17.5. The molecule has 0 bridgehead atoms. The van der Waals surface area contributed by atoms with Crippen LogP contribution in [-0.2, 0) is 12.8 Å². The Hall–Kier alpha value is -2.18. The molecule has 2 heterocycles. The van der Waals surface area contributed by atoms with E-state index in [0.717, 1.165) is 30.1 Å². The third-order valence-corrected chi connectivity index (χ3v) is 5.68. The van der Waals surface area contributed by atoms with Crippen molar-refractivity contribution in [3.8, 4) is 10.6 Å². The van der Waals surface area contributed by atoms with Gasteiger partial charge >= 0.3 is 0 Å². The van der Waals surface area contributed by atoms with Gasteiger partial charge in [0.25, 0.3) is 0 Å². The Morgan fingerprint density at radius 1 is 1.16 bits per heavy atom. The van der Waals surface area contributed by atoms with E-state index in [1.54, 1.807) is 22.7 Å². The second kappa shape index (κ2) is 8.78. The Morgan fingerprint density at radius 3 is 2.76 bits per heavy atom. The van der Waals surface area contributed by atoms with Crippen molar-refractivity contribution in [1.82, 2.24) is 10.3 Å². The van der Waals surface area contributed by atoms with E-state index in [4.69, 9.17) is 5.73 Å². The van der Waals surface area contributed by atoms with Crippen LogP contribution in [0, 0.1) is 6.92 Å². The van der Waals surface area contributed by atoms with Crippen molar-refractivity contribution in [3.05, 3.63) is 63.3 Å². The van der Waals surface area contributed by atoms with Crippen LogP contribution in [0.25, 0.3) is 10.6 Å². The number of thiophene rings is 1. The lowest BCUT2D eigenvalue weighted by molar-refractivity contribution is 0.845. The summed E-state index contributed by atoms with van der Waals surface area (Å²) >= 11 is 3.46. The molecule has 3 aromatic rings. The standard InChI is InChI=1S/C19H22N4S2/c1-14-23-17(13-24-14)18-8-7-16(25-18)10-12-22-19(20)21-11-9-15-5-3-2-4-6-15/h2-8,13H,9-12H2,1H3,(H3,20,21,22). The van der Waals surface area contributed by atoms with E-state index in [1.807, 2.05) is 13.0 Å². The summed E-state index contributed by atoms with van der Waals surface area (Å²) in [5.74, 6) is 0.517. The summed E-state index contributed by atoms with van der Waals surface area (Å²) in [6.07, 6.45) is 1.84. The van der Waals surface area contributed by atoms with E-state index in [9.17, 15) is 0 Å². The largest absolute Gasteiger partial charge is 0.370 e. The molecule has 0 atom stereocenters. The summed E-state index contributed by atoms with van der Waals surface area (Å²) in [6, 6.07) is 14.7. The third kappa shape index (κ3) is 5.41. The first-order chi connectivity index (χ1) is 12.2. The average Bonchev–Trinajstić information content (AvgIpc) is 3.25. The van der Waals surface area contributed by atoms with Gasteiger partial charge < -0.3 is 11.1 Å². The van der Waals surface area contributed by atoms with E-state index in [0.29, 0.717) is 12.5 Å². The molecule has 25 heavy (non-hydrogen) atoms. The van der Waals surface area contributed by atoms with Gasteiger partial charge in [-0.15, -0.1) is 22.7 Å². The first kappa shape index (κ1) is 17.6. The number of aromatic nitrogens is 1. The molecule has 0 aliphatic rings. The number of aliphatic imine (C=N–C) groups is 1. The lowest BCUT2D eigenvalue weighted by atomic mass is 10.1. The van der Waals surface area contributed by atoms with Gasteiger partial charge in [-0.05, 0) is 31.0 Å². The van der Waals surface area contributed by atoms with Gasteiger partial charge in [0.15, 0.2) is 5.96 Å². The fourth-order valence-electron chi connectivity index (χ4n) is 2.45. The summed E-state index contributed by atoms with van der Waals surface area (Å²) in [6.45, 7) is 3.52.